The fourth-order valence-electron chi connectivity index (χ4n) is 1.65. The maximum Gasteiger partial charge on any atom is 0.104 e. The molecule has 0 saturated carbocycles. The molecule has 3 heteroatoms. The van der Waals surface area contributed by atoms with Crippen LogP contribution in [-0.4, -0.2) is 30.2 Å². The van der Waals surface area contributed by atoms with Crippen molar-refractivity contribution in [1.29, 1.82) is 0 Å². The SMILES string of the molecule is CCCCCN(C)Cc1cc(C#CCO)cs1. The van der Waals surface area contributed by atoms with Gasteiger partial charge in [-0.05, 0) is 26.1 Å². The lowest BCUT2D eigenvalue weighted by Gasteiger charge is -2.14. The Hall–Kier alpha value is -0.820. The second-order valence-corrected chi connectivity index (χ2v) is 5.20. The number of aliphatic hydroxyl groups excluding tert-OH is 1. The van der Waals surface area contributed by atoms with Crippen LogP contribution in [0, 0.1) is 11.8 Å². The molecule has 0 spiro atoms. The Kier molecular flexibility index (Phi) is 6.95. The third-order valence-corrected chi connectivity index (χ3v) is 3.46. The molecule has 1 rings (SSSR count). The molecule has 0 aliphatic rings. The highest BCUT2D eigenvalue weighted by Gasteiger charge is 2.02. The second kappa shape index (κ2) is 8.30. The van der Waals surface area contributed by atoms with E-state index in [-0.39, 0.29) is 6.61 Å². The predicted molar refractivity (Wildman–Crippen MR) is 74.1 cm³/mol. The maximum atomic E-state index is 8.62. The van der Waals surface area contributed by atoms with Crippen molar-refractivity contribution in [3.05, 3.63) is 21.9 Å². The standard InChI is InChI=1S/C14H21NOS/c1-3-4-5-8-15(2)11-14-10-13(12-17-14)7-6-9-16/h10,12,16H,3-5,8-9,11H2,1-2H3. The molecule has 0 radical (unpaired) electrons. The molecule has 0 aliphatic carbocycles. The van der Waals surface area contributed by atoms with Crippen LogP contribution in [0.2, 0.25) is 0 Å². The first-order valence-corrected chi connectivity index (χ1v) is 7.00. The fourth-order valence-corrected chi connectivity index (χ4v) is 2.54. The topological polar surface area (TPSA) is 23.5 Å². The molecular formula is C14H21NOS. The summed E-state index contributed by atoms with van der Waals surface area (Å²) in [6.45, 7) is 4.31. The van der Waals surface area contributed by atoms with Crippen molar-refractivity contribution >= 4 is 11.3 Å². The molecule has 1 heterocycles. The van der Waals surface area contributed by atoms with Gasteiger partial charge in [0.25, 0.3) is 0 Å². The van der Waals surface area contributed by atoms with Crippen LogP contribution in [0.25, 0.3) is 0 Å². The van der Waals surface area contributed by atoms with E-state index in [1.165, 1.54) is 24.1 Å². The zero-order valence-electron chi connectivity index (χ0n) is 10.7. The van der Waals surface area contributed by atoms with Crippen LogP contribution in [0.5, 0.6) is 0 Å². The van der Waals surface area contributed by atoms with Gasteiger partial charge in [0.05, 0.1) is 0 Å². The summed E-state index contributed by atoms with van der Waals surface area (Å²) in [6.07, 6.45) is 3.85. The van der Waals surface area contributed by atoms with Gasteiger partial charge in [-0.15, -0.1) is 11.3 Å². The van der Waals surface area contributed by atoms with Crippen LogP contribution < -0.4 is 0 Å². The van der Waals surface area contributed by atoms with E-state index in [0.29, 0.717) is 0 Å². The molecule has 1 aromatic rings. The summed E-state index contributed by atoms with van der Waals surface area (Å²) in [5.41, 5.74) is 1.01. The van der Waals surface area contributed by atoms with Gasteiger partial charge < -0.3 is 10.0 Å². The maximum absolute atomic E-state index is 8.62. The van der Waals surface area contributed by atoms with Gasteiger partial charge in [-0.3, -0.25) is 0 Å². The Morgan fingerprint density at radius 2 is 2.24 bits per heavy atom. The average molecular weight is 251 g/mol. The molecule has 0 aliphatic heterocycles. The first-order valence-electron chi connectivity index (χ1n) is 6.12. The molecule has 1 N–H and O–H groups in total. The van der Waals surface area contributed by atoms with Crippen molar-refractivity contribution in [2.24, 2.45) is 0 Å². The van der Waals surface area contributed by atoms with Gasteiger partial charge in [-0.25, -0.2) is 0 Å². The molecule has 0 bridgehead atoms. The zero-order valence-corrected chi connectivity index (χ0v) is 11.5. The van der Waals surface area contributed by atoms with E-state index in [9.17, 15) is 0 Å². The van der Waals surface area contributed by atoms with Gasteiger partial charge in [-0.2, -0.15) is 0 Å². The number of hydrogen-bond acceptors (Lipinski definition) is 3. The number of nitrogens with zero attached hydrogens (tertiary/aromatic N) is 1. The largest absolute Gasteiger partial charge is 0.384 e. The Morgan fingerprint density at radius 3 is 2.94 bits per heavy atom. The Bertz CT molecular complexity index is 375. The van der Waals surface area contributed by atoms with Crippen molar-refractivity contribution in [3.63, 3.8) is 0 Å². The summed E-state index contributed by atoms with van der Waals surface area (Å²) in [7, 11) is 2.16. The number of aliphatic hydroxyl groups is 1. The van der Waals surface area contributed by atoms with E-state index in [1.807, 2.05) is 0 Å². The summed E-state index contributed by atoms with van der Waals surface area (Å²) >= 11 is 1.74. The summed E-state index contributed by atoms with van der Waals surface area (Å²) in [4.78, 5) is 3.69. The number of rotatable bonds is 6. The summed E-state index contributed by atoms with van der Waals surface area (Å²) < 4.78 is 0. The molecule has 0 atom stereocenters. The minimum absolute atomic E-state index is 0.0674. The minimum atomic E-state index is -0.0674. The van der Waals surface area contributed by atoms with Crippen molar-refractivity contribution < 1.29 is 5.11 Å². The quantitative estimate of drug-likeness (QED) is 0.621. The smallest absolute Gasteiger partial charge is 0.104 e. The highest BCUT2D eigenvalue weighted by atomic mass is 32.1. The number of unbranched alkanes of at least 4 members (excludes halogenated alkanes) is 2. The molecule has 0 amide bonds. The van der Waals surface area contributed by atoms with Gasteiger partial charge in [0.15, 0.2) is 0 Å². The highest BCUT2D eigenvalue weighted by molar-refractivity contribution is 7.10. The fraction of sp³-hybridized carbons (Fsp3) is 0.571. The van der Waals surface area contributed by atoms with Crippen LogP contribution in [0.15, 0.2) is 11.4 Å². The molecule has 0 aromatic carbocycles. The Balaban J connectivity index is 2.37. The van der Waals surface area contributed by atoms with Crippen LogP contribution in [0.4, 0.5) is 0 Å². The van der Waals surface area contributed by atoms with E-state index < -0.39 is 0 Å². The first kappa shape index (κ1) is 14.2. The summed E-state index contributed by atoms with van der Waals surface area (Å²) in [6, 6.07) is 2.11. The van der Waals surface area contributed by atoms with E-state index in [1.54, 1.807) is 11.3 Å². The van der Waals surface area contributed by atoms with E-state index in [0.717, 1.165) is 18.7 Å². The lowest BCUT2D eigenvalue weighted by atomic mass is 10.2. The van der Waals surface area contributed by atoms with Crippen LogP contribution in [-0.2, 0) is 6.54 Å². The lowest BCUT2D eigenvalue weighted by molar-refractivity contribution is 0.321. The Labute approximate surface area is 108 Å². The van der Waals surface area contributed by atoms with Gasteiger partial charge in [0.2, 0.25) is 0 Å². The molecule has 17 heavy (non-hydrogen) atoms. The van der Waals surface area contributed by atoms with Crippen molar-refractivity contribution in [2.45, 2.75) is 32.7 Å². The lowest BCUT2D eigenvalue weighted by Crippen LogP contribution is -2.18. The third kappa shape index (κ3) is 5.88. The first-order chi connectivity index (χ1) is 8.26. The zero-order chi connectivity index (χ0) is 12.5. The van der Waals surface area contributed by atoms with Crippen LogP contribution in [0.3, 0.4) is 0 Å². The van der Waals surface area contributed by atoms with Gasteiger partial charge in [-0.1, -0.05) is 31.6 Å². The van der Waals surface area contributed by atoms with Crippen LogP contribution in [0.1, 0.15) is 36.6 Å². The number of hydrogen-bond donors (Lipinski definition) is 1. The van der Waals surface area contributed by atoms with E-state index in [2.05, 4.69) is 42.2 Å². The normalized spacial score (nSPS) is 10.4. The van der Waals surface area contributed by atoms with E-state index in [4.69, 9.17) is 5.11 Å². The third-order valence-electron chi connectivity index (χ3n) is 2.53. The Morgan fingerprint density at radius 1 is 1.41 bits per heavy atom. The van der Waals surface area contributed by atoms with Gasteiger partial charge in [0.1, 0.15) is 6.61 Å². The summed E-state index contributed by atoms with van der Waals surface area (Å²) in [5.74, 6) is 5.60. The van der Waals surface area contributed by atoms with Crippen molar-refractivity contribution in [1.82, 2.24) is 4.90 Å². The van der Waals surface area contributed by atoms with Crippen molar-refractivity contribution in [2.75, 3.05) is 20.2 Å². The average Bonchev–Trinajstić information content (AvgIpc) is 2.74. The van der Waals surface area contributed by atoms with Crippen molar-refractivity contribution in [3.8, 4) is 11.8 Å². The molecule has 0 saturated heterocycles. The predicted octanol–water partition coefficient (Wildman–Crippen LogP) is 2.71. The number of thiophene rings is 1. The molecule has 2 nitrogen and oxygen atoms in total. The highest BCUT2D eigenvalue weighted by Crippen LogP contribution is 2.15. The molecule has 94 valence electrons. The minimum Gasteiger partial charge on any atom is -0.384 e. The van der Waals surface area contributed by atoms with Crippen LogP contribution >= 0.6 is 11.3 Å². The molecule has 1 aromatic heterocycles. The summed E-state index contributed by atoms with van der Waals surface area (Å²) in [5, 5.41) is 10.7. The molecule has 0 fully saturated rings. The van der Waals surface area contributed by atoms with E-state index >= 15 is 0 Å². The molecular weight excluding hydrogens is 230 g/mol. The second-order valence-electron chi connectivity index (χ2n) is 4.21. The van der Waals surface area contributed by atoms with Gasteiger partial charge >= 0.3 is 0 Å². The molecule has 0 unspecified atom stereocenters. The van der Waals surface area contributed by atoms with Gasteiger partial charge in [0, 0.05) is 22.4 Å². The monoisotopic (exact) mass is 251 g/mol.